The number of aryl methyl sites for hydroxylation is 2. The van der Waals surface area contributed by atoms with Crippen molar-refractivity contribution in [1.82, 2.24) is 0 Å². The maximum absolute atomic E-state index is 12.7. The number of para-hydroxylation sites is 2. The number of hydrogen-bond donors (Lipinski definition) is 2. The molecular formula is C23H28N2O2. The van der Waals surface area contributed by atoms with E-state index in [0.717, 1.165) is 28.1 Å². The number of rotatable bonds is 4. The molecule has 3 rings (SSSR count). The Hall–Kier alpha value is -2.62. The van der Waals surface area contributed by atoms with Crippen LogP contribution >= 0.6 is 0 Å². The number of anilines is 2. The minimum atomic E-state index is -0.262. The van der Waals surface area contributed by atoms with Crippen LogP contribution in [0.3, 0.4) is 0 Å². The molecule has 2 unspecified atom stereocenters. The van der Waals surface area contributed by atoms with Gasteiger partial charge >= 0.3 is 0 Å². The average Bonchev–Trinajstić information content (AvgIpc) is 3.38. The summed E-state index contributed by atoms with van der Waals surface area (Å²) < 4.78 is 0. The molecule has 0 spiro atoms. The number of carbonyl (C=O) groups excluding carboxylic acids is 2. The maximum Gasteiger partial charge on any atom is 0.228 e. The van der Waals surface area contributed by atoms with Crippen molar-refractivity contribution in [2.45, 2.75) is 46.5 Å². The van der Waals surface area contributed by atoms with Crippen molar-refractivity contribution in [3.63, 3.8) is 0 Å². The Kier molecular flexibility index (Phi) is 5.09. The molecule has 2 amide bonds. The molecule has 2 atom stereocenters. The van der Waals surface area contributed by atoms with Crippen LogP contribution in [-0.2, 0) is 15.0 Å². The molecule has 0 heterocycles. The van der Waals surface area contributed by atoms with E-state index in [1.807, 2.05) is 56.3 Å². The third-order valence-corrected chi connectivity index (χ3v) is 5.19. The van der Waals surface area contributed by atoms with Gasteiger partial charge in [-0.25, -0.2) is 0 Å². The predicted molar refractivity (Wildman–Crippen MR) is 110 cm³/mol. The quantitative estimate of drug-likeness (QED) is 0.817. The van der Waals surface area contributed by atoms with E-state index in [1.165, 1.54) is 0 Å². The van der Waals surface area contributed by atoms with E-state index in [4.69, 9.17) is 0 Å². The lowest BCUT2D eigenvalue weighted by Crippen LogP contribution is -2.23. The van der Waals surface area contributed by atoms with Crippen LogP contribution < -0.4 is 10.6 Å². The first kappa shape index (κ1) is 19.2. The highest BCUT2D eigenvalue weighted by atomic mass is 16.2. The molecule has 2 N–H and O–H groups in total. The fourth-order valence-electron chi connectivity index (χ4n) is 3.47. The molecule has 0 saturated heterocycles. The lowest BCUT2D eigenvalue weighted by Gasteiger charge is -2.23. The summed E-state index contributed by atoms with van der Waals surface area (Å²) in [5.41, 5.74) is 4.78. The summed E-state index contributed by atoms with van der Waals surface area (Å²) in [6, 6.07) is 13.8. The van der Waals surface area contributed by atoms with Crippen LogP contribution in [0.5, 0.6) is 0 Å². The van der Waals surface area contributed by atoms with Gasteiger partial charge in [0.25, 0.3) is 0 Å². The molecule has 2 aromatic carbocycles. The Morgan fingerprint density at radius 2 is 1.41 bits per heavy atom. The van der Waals surface area contributed by atoms with E-state index in [0.29, 0.717) is 6.42 Å². The highest BCUT2D eigenvalue weighted by molar-refractivity contribution is 6.04. The molecule has 1 fully saturated rings. The van der Waals surface area contributed by atoms with Crippen LogP contribution in [0.25, 0.3) is 0 Å². The van der Waals surface area contributed by atoms with Gasteiger partial charge in [0.05, 0.1) is 11.8 Å². The van der Waals surface area contributed by atoms with Gasteiger partial charge in [0, 0.05) is 11.4 Å². The van der Waals surface area contributed by atoms with Crippen molar-refractivity contribution < 1.29 is 9.59 Å². The van der Waals surface area contributed by atoms with E-state index < -0.39 is 0 Å². The number of nitrogens with one attached hydrogen (secondary N) is 2. The van der Waals surface area contributed by atoms with E-state index in [1.54, 1.807) is 0 Å². The Labute approximate surface area is 161 Å². The zero-order valence-corrected chi connectivity index (χ0v) is 16.7. The molecule has 0 aromatic heterocycles. The van der Waals surface area contributed by atoms with E-state index in [-0.39, 0.29) is 29.1 Å². The zero-order chi connectivity index (χ0) is 19.8. The number of hydrogen-bond acceptors (Lipinski definition) is 2. The minimum Gasteiger partial charge on any atom is -0.326 e. The van der Waals surface area contributed by atoms with Gasteiger partial charge < -0.3 is 10.6 Å². The van der Waals surface area contributed by atoms with Crippen LogP contribution in [0, 0.1) is 25.7 Å². The van der Waals surface area contributed by atoms with Gasteiger partial charge in [-0.15, -0.1) is 0 Å². The molecule has 4 nitrogen and oxygen atoms in total. The highest BCUT2D eigenvalue weighted by Crippen LogP contribution is 2.41. The lowest BCUT2D eigenvalue weighted by atomic mass is 9.86. The van der Waals surface area contributed by atoms with Crippen molar-refractivity contribution in [2.75, 3.05) is 10.6 Å². The first-order valence-electron chi connectivity index (χ1n) is 9.46. The molecule has 27 heavy (non-hydrogen) atoms. The molecule has 0 aliphatic heterocycles. The fraction of sp³-hybridized carbons (Fsp3) is 0.391. The SMILES string of the molecule is Cc1cccc(C)c1NC(=O)C1CC1C(=O)Nc1ccccc1C(C)(C)C. The third-order valence-electron chi connectivity index (χ3n) is 5.19. The molecule has 1 aliphatic carbocycles. The Morgan fingerprint density at radius 1 is 0.852 bits per heavy atom. The van der Waals surface area contributed by atoms with Crippen LogP contribution in [0.15, 0.2) is 42.5 Å². The molecule has 0 bridgehead atoms. The summed E-state index contributed by atoms with van der Waals surface area (Å²) >= 11 is 0. The highest BCUT2D eigenvalue weighted by Gasteiger charge is 2.48. The summed E-state index contributed by atoms with van der Waals surface area (Å²) in [7, 11) is 0. The maximum atomic E-state index is 12.7. The van der Waals surface area contributed by atoms with Gasteiger partial charge in [-0.05, 0) is 48.4 Å². The van der Waals surface area contributed by atoms with Crippen LogP contribution in [0.4, 0.5) is 11.4 Å². The second-order valence-electron chi connectivity index (χ2n) is 8.49. The Bertz CT molecular complexity index is 860. The van der Waals surface area contributed by atoms with Gasteiger partial charge in [-0.1, -0.05) is 57.2 Å². The molecule has 4 heteroatoms. The minimum absolute atomic E-state index is 0.0629. The van der Waals surface area contributed by atoms with Crippen molar-refractivity contribution >= 4 is 23.2 Å². The van der Waals surface area contributed by atoms with Gasteiger partial charge in [0.2, 0.25) is 11.8 Å². The monoisotopic (exact) mass is 364 g/mol. The lowest BCUT2D eigenvalue weighted by molar-refractivity contribution is -0.122. The second kappa shape index (κ2) is 7.18. The molecule has 1 saturated carbocycles. The number of benzene rings is 2. The summed E-state index contributed by atoms with van der Waals surface area (Å²) in [5.74, 6) is -0.668. The molecule has 1 aliphatic rings. The van der Waals surface area contributed by atoms with Crippen molar-refractivity contribution in [2.24, 2.45) is 11.8 Å². The van der Waals surface area contributed by atoms with E-state index in [9.17, 15) is 9.59 Å². The van der Waals surface area contributed by atoms with Crippen LogP contribution in [0.1, 0.15) is 43.9 Å². The van der Waals surface area contributed by atoms with E-state index in [2.05, 4.69) is 31.4 Å². The average molecular weight is 364 g/mol. The predicted octanol–water partition coefficient (Wildman–Crippen LogP) is 4.81. The molecule has 0 radical (unpaired) electrons. The Morgan fingerprint density at radius 3 is 2.00 bits per heavy atom. The Balaban J connectivity index is 1.65. The zero-order valence-electron chi connectivity index (χ0n) is 16.7. The normalized spacial score (nSPS) is 18.7. The molecule has 2 aromatic rings. The number of carbonyl (C=O) groups is 2. The first-order valence-corrected chi connectivity index (χ1v) is 9.46. The summed E-state index contributed by atoms with van der Waals surface area (Å²) in [5, 5.41) is 6.04. The van der Waals surface area contributed by atoms with E-state index >= 15 is 0 Å². The summed E-state index contributed by atoms with van der Waals surface area (Å²) in [6.07, 6.45) is 0.598. The number of amides is 2. The van der Waals surface area contributed by atoms with Gasteiger partial charge in [-0.2, -0.15) is 0 Å². The smallest absolute Gasteiger partial charge is 0.228 e. The third kappa shape index (κ3) is 4.21. The topological polar surface area (TPSA) is 58.2 Å². The summed E-state index contributed by atoms with van der Waals surface area (Å²) in [6.45, 7) is 10.3. The van der Waals surface area contributed by atoms with Crippen molar-refractivity contribution in [1.29, 1.82) is 0 Å². The first-order chi connectivity index (χ1) is 12.7. The van der Waals surface area contributed by atoms with Crippen molar-refractivity contribution in [3.8, 4) is 0 Å². The van der Waals surface area contributed by atoms with Crippen LogP contribution in [-0.4, -0.2) is 11.8 Å². The van der Waals surface area contributed by atoms with Gasteiger partial charge in [-0.3, -0.25) is 9.59 Å². The molecular weight excluding hydrogens is 336 g/mol. The van der Waals surface area contributed by atoms with Crippen molar-refractivity contribution in [3.05, 3.63) is 59.2 Å². The standard InChI is InChI=1S/C23H28N2O2/c1-14-9-8-10-15(2)20(14)25-22(27)17-13-16(17)21(26)24-19-12-7-6-11-18(19)23(3,4)5/h6-12,16-17H,13H2,1-5H3,(H,24,26)(H,25,27). The summed E-state index contributed by atoms with van der Waals surface area (Å²) in [4.78, 5) is 25.2. The largest absolute Gasteiger partial charge is 0.326 e. The van der Waals surface area contributed by atoms with Gasteiger partial charge in [0.1, 0.15) is 0 Å². The fourth-order valence-corrected chi connectivity index (χ4v) is 3.47. The van der Waals surface area contributed by atoms with Crippen LogP contribution in [0.2, 0.25) is 0 Å². The van der Waals surface area contributed by atoms with Gasteiger partial charge in [0.15, 0.2) is 0 Å². The second-order valence-corrected chi connectivity index (χ2v) is 8.49. The molecule has 142 valence electrons.